The maximum absolute atomic E-state index is 13.8. The first-order valence-electron chi connectivity index (χ1n) is 8.77. The zero-order chi connectivity index (χ0) is 19.6. The number of rotatable bonds is 7. The first-order chi connectivity index (χ1) is 12.7. The van der Waals surface area contributed by atoms with Crippen LogP contribution in [0.25, 0.3) is 0 Å². The third kappa shape index (κ3) is 5.34. The molecule has 1 atom stereocenters. The van der Waals surface area contributed by atoms with Crippen LogP contribution in [0.3, 0.4) is 0 Å². The van der Waals surface area contributed by atoms with E-state index in [2.05, 4.69) is 29.2 Å². The fourth-order valence-electron chi connectivity index (χ4n) is 3.15. The molecule has 0 radical (unpaired) electrons. The number of benzene rings is 1. The number of nitrogens with one attached hydrogen (secondary N) is 1. The minimum absolute atomic E-state index is 0.0241. The Morgan fingerprint density at radius 1 is 1.44 bits per heavy atom. The molecule has 27 heavy (non-hydrogen) atoms. The van der Waals surface area contributed by atoms with Gasteiger partial charge in [0, 0.05) is 12.6 Å². The SMILES string of the molecule is CC(C)CN(Cn1nc(Nc2ccccc2F)sc1=S)[C@H]1CCS(=O)(=O)C1. The highest BCUT2D eigenvalue weighted by Crippen LogP contribution is 2.24. The van der Waals surface area contributed by atoms with Gasteiger partial charge in [-0.05, 0) is 36.7 Å². The largest absolute Gasteiger partial charge is 0.328 e. The predicted molar refractivity (Wildman–Crippen MR) is 109 cm³/mol. The van der Waals surface area contributed by atoms with Crippen LogP contribution < -0.4 is 5.32 Å². The Bertz CT molecular complexity index is 955. The third-order valence-electron chi connectivity index (χ3n) is 4.36. The summed E-state index contributed by atoms with van der Waals surface area (Å²) in [5, 5.41) is 7.93. The van der Waals surface area contributed by atoms with Crippen molar-refractivity contribution in [3.05, 3.63) is 34.0 Å². The summed E-state index contributed by atoms with van der Waals surface area (Å²) in [7, 11) is -2.97. The molecule has 3 rings (SSSR count). The Morgan fingerprint density at radius 3 is 2.81 bits per heavy atom. The van der Waals surface area contributed by atoms with Gasteiger partial charge in [0.1, 0.15) is 5.82 Å². The molecule has 6 nitrogen and oxygen atoms in total. The first-order valence-corrected chi connectivity index (χ1v) is 11.8. The Balaban J connectivity index is 1.77. The van der Waals surface area contributed by atoms with Crippen molar-refractivity contribution in [2.45, 2.75) is 33.0 Å². The molecule has 1 fully saturated rings. The number of hydrogen-bond acceptors (Lipinski definition) is 7. The van der Waals surface area contributed by atoms with Crippen LogP contribution >= 0.6 is 23.6 Å². The Kier molecular flexibility index (Phi) is 6.29. The average Bonchev–Trinajstić information content (AvgIpc) is 3.11. The average molecular weight is 431 g/mol. The van der Waals surface area contributed by atoms with Crippen molar-refractivity contribution < 1.29 is 12.8 Å². The highest BCUT2D eigenvalue weighted by atomic mass is 32.2. The van der Waals surface area contributed by atoms with E-state index >= 15 is 0 Å². The third-order valence-corrected chi connectivity index (χ3v) is 7.34. The van der Waals surface area contributed by atoms with Crippen LogP contribution in [0.15, 0.2) is 24.3 Å². The summed E-state index contributed by atoms with van der Waals surface area (Å²) in [4.78, 5) is 2.14. The molecule has 1 aromatic heterocycles. The summed E-state index contributed by atoms with van der Waals surface area (Å²) < 4.78 is 39.8. The van der Waals surface area contributed by atoms with Gasteiger partial charge in [-0.3, -0.25) is 4.90 Å². The lowest BCUT2D eigenvalue weighted by Gasteiger charge is -2.29. The molecule has 1 aromatic carbocycles. The molecule has 1 aliphatic heterocycles. The zero-order valence-corrected chi connectivity index (χ0v) is 17.7. The molecule has 0 spiro atoms. The fraction of sp³-hybridized carbons (Fsp3) is 0.529. The van der Waals surface area contributed by atoms with Crippen LogP contribution in [0.2, 0.25) is 0 Å². The zero-order valence-electron chi connectivity index (χ0n) is 15.3. The second-order valence-electron chi connectivity index (χ2n) is 7.14. The summed E-state index contributed by atoms with van der Waals surface area (Å²) in [5.41, 5.74) is 0.342. The monoisotopic (exact) mass is 430 g/mol. The van der Waals surface area contributed by atoms with Gasteiger partial charge >= 0.3 is 0 Å². The van der Waals surface area contributed by atoms with Crippen molar-refractivity contribution in [3.63, 3.8) is 0 Å². The van der Waals surface area contributed by atoms with Gasteiger partial charge in [0.15, 0.2) is 13.8 Å². The molecule has 0 aliphatic carbocycles. The molecule has 0 bridgehead atoms. The molecule has 1 saturated heterocycles. The van der Waals surface area contributed by atoms with Gasteiger partial charge in [-0.25, -0.2) is 17.5 Å². The van der Waals surface area contributed by atoms with Crippen LogP contribution in [0, 0.1) is 15.7 Å². The van der Waals surface area contributed by atoms with Gasteiger partial charge in [-0.2, -0.15) is 0 Å². The van der Waals surface area contributed by atoms with Gasteiger partial charge in [-0.15, -0.1) is 5.10 Å². The van der Waals surface area contributed by atoms with Crippen LogP contribution in [-0.2, 0) is 16.5 Å². The first kappa shape index (κ1) is 20.4. The Labute approximate surface area is 167 Å². The van der Waals surface area contributed by atoms with Crippen molar-refractivity contribution in [1.29, 1.82) is 0 Å². The van der Waals surface area contributed by atoms with Crippen LogP contribution in [0.5, 0.6) is 0 Å². The molecule has 0 amide bonds. The second-order valence-corrected chi connectivity index (χ2v) is 11.0. The van der Waals surface area contributed by atoms with Crippen LogP contribution in [0.1, 0.15) is 20.3 Å². The van der Waals surface area contributed by atoms with E-state index < -0.39 is 9.84 Å². The molecular weight excluding hydrogens is 407 g/mol. The van der Waals surface area contributed by atoms with E-state index in [1.54, 1.807) is 22.9 Å². The molecule has 0 saturated carbocycles. The molecule has 148 valence electrons. The maximum atomic E-state index is 13.8. The van der Waals surface area contributed by atoms with Crippen LogP contribution in [0.4, 0.5) is 15.2 Å². The predicted octanol–water partition coefficient (Wildman–Crippen LogP) is 3.66. The van der Waals surface area contributed by atoms with E-state index in [-0.39, 0.29) is 23.4 Å². The summed E-state index contributed by atoms with van der Waals surface area (Å²) in [6.07, 6.45) is 0.632. The highest BCUT2D eigenvalue weighted by Gasteiger charge is 2.32. The highest BCUT2D eigenvalue weighted by molar-refractivity contribution is 7.91. The minimum atomic E-state index is -2.97. The summed E-state index contributed by atoms with van der Waals surface area (Å²) in [6.45, 7) is 5.38. The summed E-state index contributed by atoms with van der Waals surface area (Å²) in [6, 6.07) is 6.36. The van der Waals surface area contributed by atoms with Crippen molar-refractivity contribution in [2.24, 2.45) is 5.92 Å². The minimum Gasteiger partial charge on any atom is -0.328 e. The lowest BCUT2D eigenvalue weighted by molar-refractivity contribution is 0.138. The van der Waals surface area contributed by atoms with Gasteiger partial charge in [0.05, 0.1) is 23.9 Å². The number of anilines is 2. The fourth-order valence-corrected chi connectivity index (χ4v) is 5.92. The van der Waals surface area contributed by atoms with E-state index in [0.717, 1.165) is 6.54 Å². The van der Waals surface area contributed by atoms with Gasteiger partial charge in [0.25, 0.3) is 0 Å². The van der Waals surface area contributed by atoms with E-state index in [4.69, 9.17) is 12.2 Å². The number of hydrogen-bond donors (Lipinski definition) is 1. The Hall–Kier alpha value is -1.36. The van der Waals surface area contributed by atoms with Crippen molar-refractivity contribution in [1.82, 2.24) is 14.7 Å². The van der Waals surface area contributed by atoms with E-state index in [9.17, 15) is 12.8 Å². The molecular formula is C17H23FN4O2S3. The molecule has 2 heterocycles. The standard InChI is InChI=1S/C17H23FN4O2S3/c1-12(2)9-21(13-7-8-27(23,24)10-13)11-22-17(25)26-16(20-22)19-15-6-4-3-5-14(15)18/h3-6,12-13H,7-11H2,1-2H3,(H,19,20)/t13-/m0/s1. The van der Waals surface area contributed by atoms with E-state index in [1.165, 1.54) is 17.4 Å². The van der Waals surface area contributed by atoms with Crippen molar-refractivity contribution in [3.8, 4) is 0 Å². The van der Waals surface area contributed by atoms with Crippen molar-refractivity contribution in [2.75, 3.05) is 23.4 Å². The quantitative estimate of drug-likeness (QED) is 0.676. The van der Waals surface area contributed by atoms with E-state index in [0.29, 0.717) is 33.8 Å². The second kappa shape index (κ2) is 8.34. The number of sulfone groups is 1. The summed E-state index contributed by atoms with van der Waals surface area (Å²) >= 11 is 6.68. The van der Waals surface area contributed by atoms with Gasteiger partial charge in [-0.1, -0.05) is 37.3 Å². The smallest absolute Gasteiger partial charge is 0.209 e. The lowest BCUT2D eigenvalue weighted by atomic mass is 10.1. The molecule has 2 aromatic rings. The Morgan fingerprint density at radius 2 is 2.19 bits per heavy atom. The van der Waals surface area contributed by atoms with Crippen LogP contribution in [-0.4, -0.2) is 47.2 Å². The van der Waals surface area contributed by atoms with Gasteiger partial charge in [0.2, 0.25) is 5.13 Å². The van der Waals surface area contributed by atoms with Crippen molar-refractivity contribution >= 4 is 44.2 Å². The molecule has 1 N–H and O–H groups in total. The number of para-hydroxylation sites is 1. The van der Waals surface area contributed by atoms with E-state index in [1.807, 2.05) is 0 Å². The molecule has 0 unspecified atom stereocenters. The lowest BCUT2D eigenvalue weighted by Crippen LogP contribution is -2.40. The number of nitrogens with zero attached hydrogens (tertiary/aromatic N) is 3. The molecule has 10 heteroatoms. The normalized spacial score (nSPS) is 19.1. The molecule has 1 aliphatic rings. The number of aromatic nitrogens is 2. The summed E-state index contributed by atoms with van der Waals surface area (Å²) in [5.74, 6) is 0.437. The topological polar surface area (TPSA) is 67.2 Å². The van der Waals surface area contributed by atoms with Gasteiger partial charge < -0.3 is 5.32 Å². The number of halogens is 1. The maximum Gasteiger partial charge on any atom is 0.209 e.